The quantitative estimate of drug-likeness (QED) is 0.711. The number of amides is 1. The Morgan fingerprint density at radius 3 is 2.68 bits per heavy atom. The van der Waals surface area contributed by atoms with E-state index in [1.54, 1.807) is 26.1 Å². The van der Waals surface area contributed by atoms with Crippen LogP contribution in [0, 0.1) is 6.92 Å². The lowest BCUT2D eigenvalue weighted by Crippen LogP contribution is -2.17. The number of carbonyl (C=O) groups is 1. The third-order valence-electron chi connectivity index (χ3n) is 3.34. The highest BCUT2D eigenvalue weighted by atomic mass is 32.1. The number of aromatic hydroxyl groups is 1. The summed E-state index contributed by atoms with van der Waals surface area (Å²) in [6.45, 7) is 1.74. The zero-order valence-corrected chi connectivity index (χ0v) is 12.8. The number of fused-ring (bicyclic) bond motifs is 1. The van der Waals surface area contributed by atoms with Gasteiger partial charge < -0.3 is 15.0 Å². The van der Waals surface area contributed by atoms with E-state index in [1.807, 2.05) is 0 Å². The molecule has 3 rings (SSSR count). The summed E-state index contributed by atoms with van der Waals surface area (Å²) >= 11 is 1.19. The summed E-state index contributed by atoms with van der Waals surface area (Å²) in [4.78, 5) is 29.7. The third-order valence-corrected chi connectivity index (χ3v) is 4.54. The summed E-state index contributed by atoms with van der Waals surface area (Å²) in [7, 11) is 1.63. The largest absolute Gasteiger partial charge is 0.508 e. The Morgan fingerprint density at radius 1 is 1.32 bits per heavy atom. The van der Waals surface area contributed by atoms with Crippen molar-refractivity contribution in [2.24, 2.45) is 7.05 Å². The predicted octanol–water partition coefficient (Wildman–Crippen LogP) is 2.26. The molecule has 0 atom stereocenters. The number of phenols is 1. The zero-order chi connectivity index (χ0) is 15.9. The van der Waals surface area contributed by atoms with Crippen LogP contribution in [-0.4, -0.2) is 20.6 Å². The van der Waals surface area contributed by atoms with E-state index in [1.165, 1.54) is 34.4 Å². The Bertz CT molecular complexity index is 926. The second-order valence-corrected chi connectivity index (χ2v) is 5.90. The van der Waals surface area contributed by atoms with E-state index in [4.69, 9.17) is 0 Å². The number of hydrogen-bond acceptors (Lipinski definition) is 5. The van der Waals surface area contributed by atoms with E-state index in [9.17, 15) is 14.7 Å². The molecular formula is C15H13N3O3S. The molecule has 0 unspecified atom stereocenters. The van der Waals surface area contributed by atoms with Crippen molar-refractivity contribution < 1.29 is 9.90 Å². The number of aromatic nitrogens is 2. The van der Waals surface area contributed by atoms with Crippen LogP contribution in [-0.2, 0) is 7.05 Å². The van der Waals surface area contributed by atoms with E-state index < -0.39 is 0 Å². The monoisotopic (exact) mass is 315 g/mol. The van der Waals surface area contributed by atoms with Crippen LogP contribution in [0.5, 0.6) is 5.75 Å². The molecule has 0 spiro atoms. The third kappa shape index (κ3) is 2.35. The average Bonchev–Trinajstić information content (AvgIpc) is 2.83. The molecule has 112 valence electrons. The van der Waals surface area contributed by atoms with Gasteiger partial charge in [0.1, 0.15) is 10.6 Å². The lowest BCUT2D eigenvalue weighted by molar-refractivity contribution is 0.103. The van der Waals surface area contributed by atoms with Crippen LogP contribution in [0.4, 0.5) is 5.69 Å². The highest BCUT2D eigenvalue weighted by Gasteiger charge is 2.19. The van der Waals surface area contributed by atoms with Gasteiger partial charge in [-0.2, -0.15) is 0 Å². The van der Waals surface area contributed by atoms with Crippen LogP contribution >= 0.6 is 11.3 Å². The molecule has 0 radical (unpaired) electrons. The summed E-state index contributed by atoms with van der Waals surface area (Å²) in [6.07, 6.45) is 1.45. The number of nitrogens with one attached hydrogen (secondary N) is 1. The van der Waals surface area contributed by atoms with Crippen molar-refractivity contribution in [2.75, 3.05) is 5.32 Å². The molecule has 2 aromatic heterocycles. The number of hydrogen-bond donors (Lipinski definition) is 2. The number of benzene rings is 1. The minimum atomic E-state index is -0.298. The molecule has 7 heteroatoms. The number of rotatable bonds is 2. The lowest BCUT2D eigenvalue weighted by Gasteiger charge is -2.04. The van der Waals surface area contributed by atoms with Crippen molar-refractivity contribution in [2.45, 2.75) is 6.92 Å². The number of anilines is 1. The van der Waals surface area contributed by atoms with Crippen LogP contribution in [0.3, 0.4) is 0 Å². The Hall–Kier alpha value is -2.67. The maximum Gasteiger partial charge on any atom is 0.266 e. The Kier molecular flexibility index (Phi) is 3.42. The Morgan fingerprint density at radius 2 is 2.00 bits per heavy atom. The fourth-order valence-electron chi connectivity index (χ4n) is 2.16. The van der Waals surface area contributed by atoms with Gasteiger partial charge in [-0.1, -0.05) is 0 Å². The van der Waals surface area contributed by atoms with Crippen LogP contribution < -0.4 is 10.9 Å². The summed E-state index contributed by atoms with van der Waals surface area (Å²) in [5.74, 6) is -0.169. The second kappa shape index (κ2) is 5.27. The summed E-state index contributed by atoms with van der Waals surface area (Å²) in [6, 6.07) is 6.19. The van der Waals surface area contributed by atoms with Crippen molar-refractivity contribution >= 4 is 33.1 Å². The SMILES string of the molecule is Cc1c(C(=O)Nc2ccc(O)cc2)sc2ncn(C)c(=O)c12. The predicted molar refractivity (Wildman–Crippen MR) is 85.7 cm³/mol. The van der Waals surface area contributed by atoms with Crippen LogP contribution in [0.1, 0.15) is 15.2 Å². The molecule has 2 heterocycles. The minimum Gasteiger partial charge on any atom is -0.508 e. The first-order valence-corrected chi connectivity index (χ1v) is 7.34. The van der Waals surface area contributed by atoms with E-state index in [0.717, 1.165) is 0 Å². The zero-order valence-electron chi connectivity index (χ0n) is 12.0. The van der Waals surface area contributed by atoms with Gasteiger partial charge in [-0.25, -0.2) is 4.98 Å². The van der Waals surface area contributed by atoms with Crippen molar-refractivity contribution in [3.05, 3.63) is 51.4 Å². The van der Waals surface area contributed by atoms with Gasteiger partial charge in [-0.3, -0.25) is 9.59 Å². The van der Waals surface area contributed by atoms with E-state index in [-0.39, 0.29) is 17.2 Å². The first-order chi connectivity index (χ1) is 10.5. The summed E-state index contributed by atoms with van der Waals surface area (Å²) < 4.78 is 1.39. The average molecular weight is 315 g/mol. The van der Waals surface area contributed by atoms with Gasteiger partial charge >= 0.3 is 0 Å². The molecule has 0 aliphatic carbocycles. The maximum absolute atomic E-state index is 12.4. The normalized spacial score (nSPS) is 10.8. The van der Waals surface area contributed by atoms with Gasteiger partial charge in [-0.05, 0) is 36.8 Å². The molecule has 2 N–H and O–H groups in total. The topological polar surface area (TPSA) is 84.2 Å². The second-order valence-electron chi connectivity index (χ2n) is 4.90. The van der Waals surface area contributed by atoms with Crippen molar-refractivity contribution in [3.8, 4) is 5.75 Å². The van der Waals surface area contributed by atoms with E-state index in [2.05, 4.69) is 10.3 Å². The number of nitrogens with zero attached hydrogens (tertiary/aromatic N) is 2. The maximum atomic E-state index is 12.4. The fourth-order valence-corrected chi connectivity index (χ4v) is 3.19. The van der Waals surface area contributed by atoms with Crippen molar-refractivity contribution in [1.29, 1.82) is 0 Å². The number of thiophene rings is 1. The molecule has 0 saturated heterocycles. The van der Waals surface area contributed by atoms with Crippen molar-refractivity contribution in [3.63, 3.8) is 0 Å². The molecule has 0 bridgehead atoms. The highest BCUT2D eigenvalue weighted by molar-refractivity contribution is 7.20. The van der Waals surface area contributed by atoms with Gasteiger partial charge in [0.25, 0.3) is 11.5 Å². The van der Waals surface area contributed by atoms with Gasteiger partial charge in [0, 0.05) is 12.7 Å². The number of carbonyl (C=O) groups excluding carboxylic acids is 1. The standard InChI is InChI=1S/C15H13N3O3S/c1-8-11-14(16-7-18(2)15(11)21)22-12(8)13(20)17-9-3-5-10(19)6-4-9/h3-7,19H,1-2H3,(H,17,20). The molecule has 0 saturated carbocycles. The van der Waals surface area contributed by atoms with Crippen LogP contribution in [0.2, 0.25) is 0 Å². The smallest absolute Gasteiger partial charge is 0.266 e. The van der Waals surface area contributed by atoms with Crippen LogP contribution in [0.15, 0.2) is 35.4 Å². The minimum absolute atomic E-state index is 0.128. The van der Waals surface area contributed by atoms with Gasteiger partial charge in [0.15, 0.2) is 0 Å². The molecule has 22 heavy (non-hydrogen) atoms. The molecule has 1 amide bonds. The molecule has 3 aromatic rings. The molecule has 0 aliphatic rings. The summed E-state index contributed by atoms with van der Waals surface area (Å²) in [5, 5.41) is 12.5. The molecule has 6 nitrogen and oxygen atoms in total. The number of phenolic OH excluding ortho intramolecular Hbond substituents is 1. The molecule has 0 fully saturated rings. The van der Waals surface area contributed by atoms with E-state index >= 15 is 0 Å². The first-order valence-electron chi connectivity index (χ1n) is 6.52. The highest BCUT2D eigenvalue weighted by Crippen LogP contribution is 2.27. The van der Waals surface area contributed by atoms with Gasteiger partial charge in [0.2, 0.25) is 0 Å². The number of aryl methyl sites for hydroxylation is 2. The summed E-state index contributed by atoms with van der Waals surface area (Å²) in [5.41, 5.74) is 1.04. The van der Waals surface area contributed by atoms with E-state index in [0.29, 0.717) is 26.3 Å². The van der Waals surface area contributed by atoms with Gasteiger partial charge in [-0.15, -0.1) is 11.3 Å². The van der Waals surface area contributed by atoms with Crippen molar-refractivity contribution in [1.82, 2.24) is 9.55 Å². The van der Waals surface area contributed by atoms with Crippen LogP contribution in [0.25, 0.3) is 10.2 Å². The first kappa shape index (κ1) is 14.3. The molecule has 1 aromatic carbocycles. The molecule has 0 aliphatic heterocycles. The lowest BCUT2D eigenvalue weighted by atomic mass is 10.2. The fraction of sp³-hybridized carbons (Fsp3) is 0.133. The van der Waals surface area contributed by atoms with Gasteiger partial charge in [0.05, 0.1) is 16.6 Å². The Labute approximate surface area is 129 Å². The molecular weight excluding hydrogens is 302 g/mol. The Balaban J connectivity index is 2.01.